The molecule has 0 N–H and O–H groups in total. The van der Waals surface area contributed by atoms with Crippen molar-refractivity contribution in [1.82, 2.24) is 0 Å². The van der Waals surface area contributed by atoms with Gasteiger partial charge in [-0.1, -0.05) is 97.1 Å². The first-order valence-electron chi connectivity index (χ1n) is 10.4. The van der Waals surface area contributed by atoms with Gasteiger partial charge in [0.15, 0.2) is 0 Å². The van der Waals surface area contributed by atoms with Crippen LogP contribution >= 0.6 is 0 Å². The number of rotatable bonds is 5. The lowest BCUT2D eigenvalue weighted by atomic mass is 9.82. The van der Waals surface area contributed by atoms with Gasteiger partial charge in [-0.05, 0) is 51.6 Å². The number of hydrogen-bond donors (Lipinski definition) is 0. The predicted octanol–water partition coefficient (Wildman–Crippen LogP) is 7.32. The average molecular weight is 386 g/mol. The van der Waals surface area contributed by atoms with Gasteiger partial charge in [0.1, 0.15) is 0 Å². The second-order valence-electron chi connectivity index (χ2n) is 7.58. The summed E-state index contributed by atoms with van der Waals surface area (Å²) >= 11 is 0. The Morgan fingerprint density at radius 3 is 2.07 bits per heavy atom. The molecule has 1 aliphatic rings. The molecule has 5 rings (SSSR count). The van der Waals surface area contributed by atoms with Crippen molar-refractivity contribution < 1.29 is 0 Å². The smallest absolute Gasteiger partial charge is 0.0625 e. The summed E-state index contributed by atoms with van der Waals surface area (Å²) in [6.07, 6.45) is 5.19. The van der Waals surface area contributed by atoms with E-state index in [1.807, 2.05) is 36.5 Å². The number of benzene rings is 4. The van der Waals surface area contributed by atoms with Gasteiger partial charge in [-0.2, -0.15) is 0 Å². The summed E-state index contributed by atoms with van der Waals surface area (Å²) in [4.78, 5) is 4.65. The molecule has 0 bridgehead atoms. The molecule has 0 aromatic heterocycles. The molecule has 0 saturated carbocycles. The van der Waals surface area contributed by atoms with Gasteiger partial charge in [0.25, 0.3) is 0 Å². The average Bonchev–Trinajstić information content (AvgIpc) is 3.20. The normalized spacial score (nSPS) is 15.2. The Bertz CT molecular complexity index is 1200. The van der Waals surface area contributed by atoms with E-state index in [9.17, 15) is 0 Å². The number of fused-ring (bicyclic) bond motifs is 1. The fourth-order valence-corrected chi connectivity index (χ4v) is 4.30. The van der Waals surface area contributed by atoms with E-state index in [1.54, 1.807) is 0 Å². The maximum atomic E-state index is 4.65. The maximum Gasteiger partial charge on any atom is 0.0625 e. The molecule has 0 spiro atoms. The zero-order chi connectivity index (χ0) is 20.2. The highest BCUT2D eigenvalue weighted by Crippen LogP contribution is 2.46. The zero-order valence-corrected chi connectivity index (χ0v) is 16.8. The number of aliphatic imine (C=N–C) groups is 1. The van der Waals surface area contributed by atoms with Crippen molar-refractivity contribution >= 4 is 23.6 Å². The van der Waals surface area contributed by atoms with Crippen LogP contribution in [0.5, 0.6) is 0 Å². The summed E-state index contributed by atoms with van der Waals surface area (Å²) in [5.74, 6) is 0.241. The first-order chi connectivity index (χ1) is 14.9. The van der Waals surface area contributed by atoms with Crippen molar-refractivity contribution in [2.24, 2.45) is 4.99 Å². The standard InChI is InChI=1S/C29H23N/c1-3-11-22(12-4-1)28-21-24-14-8-10-18-27(24)29(28)26-17-9-7-13-23(26)19-20-30-25-15-5-2-6-16-25/h1-18,20-21,29H,19H2. The van der Waals surface area contributed by atoms with Crippen LogP contribution in [0.3, 0.4) is 0 Å². The van der Waals surface area contributed by atoms with Crippen LogP contribution in [-0.2, 0) is 6.42 Å². The fraction of sp³-hybridized carbons (Fsp3) is 0.0690. The molecule has 4 aromatic rings. The Morgan fingerprint density at radius 2 is 1.27 bits per heavy atom. The van der Waals surface area contributed by atoms with Gasteiger partial charge in [-0.25, -0.2) is 0 Å². The second-order valence-corrected chi connectivity index (χ2v) is 7.58. The third-order valence-corrected chi connectivity index (χ3v) is 5.71. The maximum absolute atomic E-state index is 4.65. The molecule has 0 saturated heterocycles. The van der Waals surface area contributed by atoms with Crippen LogP contribution in [-0.4, -0.2) is 6.21 Å². The van der Waals surface area contributed by atoms with E-state index in [-0.39, 0.29) is 5.92 Å². The molecule has 4 aromatic carbocycles. The summed E-state index contributed by atoms with van der Waals surface area (Å²) in [5.41, 5.74) is 9.01. The molecule has 0 fully saturated rings. The molecule has 1 heteroatoms. The lowest BCUT2D eigenvalue weighted by Crippen LogP contribution is -2.05. The Morgan fingerprint density at radius 1 is 0.633 bits per heavy atom. The van der Waals surface area contributed by atoms with Gasteiger partial charge >= 0.3 is 0 Å². The number of para-hydroxylation sites is 1. The van der Waals surface area contributed by atoms with Crippen molar-refractivity contribution in [3.8, 4) is 0 Å². The Balaban J connectivity index is 1.54. The minimum atomic E-state index is 0.241. The summed E-state index contributed by atoms with van der Waals surface area (Å²) < 4.78 is 0. The fourth-order valence-electron chi connectivity index (χ4n) is 4.30. The topological polar surface area (TPSA) is 12.4 Å². The van der Waals surface area contributed by atoms with Crippen molar-refractivity contribution in [1.29, 1.82) is 0 Å². The molecule has 0 aliphatic heterocycles. The lowest BCUT2D eigenvalue weighted by Gasteiger charge is -2.21. The molecule has 1 aliphatic carbocycles. The van der Waals surface area contributed by atoms with E-state index >= 15 is 0 Å². The van der Waals surface area contributed by atoms with E-state index in [1.165, 1.54) is 33.4 Å². The minimum Gasteiger partial charge on any atom is -0.261 e. The summed E-state index contributed by atoms with van der Waals surface area (Å²) in [6.45, 7) is 0. The zero-order valence-electron chi connectivity index (χ0n) is 16.8. The molecule has 0 heterocycles. The van der Waals surface area contributed by atoms with Crippen LogP contribution < -0.4 is 0 Å². The van der Waals surface area contributed by atoms with Gasteiger partial charge in [-0.15, -0.1) is 0 Å². The molecular formula is C29H23N. The SMILES string of the molecule is C(Cc1ccccc1C1C(c2ccccc2)=Cc2ccccc21)=Nc1ccccc1. The lowest BCUT2D eigenvalue weighted by molar-refractivity contribution is 1.03. The third kappa shape index (κ3) is 3.62. The predicted molar refractivity (Wildman–Crippen MR) is 127 cm³/mol. The molecule has 144 valence electrons. The largest absolute Gasteiger partial charge is 0.261 e. The molecule has 1 unspecified atom stereocenters. The van der Waals surface area contributed by atoms with Crippen molar-refractivity contribution in [3.63, 3.8) is 0 Å². The molecule has 1 nitrogen and oxygen atoms in total. The molecule has 0 radical (unpaired) electrons. The second kappa shape index (κ2) is 8.34. The molecule has 30 heavy (non-hydrogen) atoms. The van der Waals surface area contributed by atoms with Gasteiger partial charge in [0.05, 0.1) is 5.69 Å². The number of nitrogens with zero attached hydrogens (tertiary/aromatic N) is 1. The van der Waals surface area contributed by atoms with Crippen LogP contribution in [0.25, 0.3) is 11.6 Å². The summed E-state index contributed by atoms with van der Waals surface area (Å²) in [7, 11) is 0. The minimum absolute atomic E-state index is 0.241. The van der Waals surface area contributed by atoms with Crippen molar-refractivity contribution in [3.05, 3.63) is 137 Å². The number of allylic oxidation sites excluding steroid dienone is 1. The number of hydrogen-bond acceptors (Lipinski definition) is 1. The van der Waals surface area contributed by atoms with E-state index in [4.69, 9.17) is 0 Å². The van der Waals surface area contributed by atoms with Crippen LogP contribution in [0.2, 0.25) is 0 Å². The van der Waals surface area contributed by atoms with Crippen LogP contribution in [0.1, 0.15) is 33.7 Å². The highest BCUT2D eigenvalue weighted by Gasteiger charge is 2.28. The highest BCUT2D eigenvalue weighted by molar-refractivity contribution is 5.94. The van der Waals surface area contributed by atoms with Gasteiger partial charge in [0, 0.05) is 18.6 Å². The summed E-state index contributed by atoms with van der Waals surface area (Å²) in [5, 5.41) is 0. The van der Waals surface area contributed by atoms with Crippen LogP contribution in [0.15, 0.2) is 114 Å². The first-order valence-corrected chi connectivity index (χ1v) is 10.4. The monoisotopic (exact) mass is 385 g/mol. The molecular weight excluding hydrogens is 362 g/mol. The molecule has 1 atom stereocenters. The van der Waals surface area contributed by atoms with Gasteiger partial charge in [-0.3, -0.25) is 4.99 Å². The third-order valence-electron chi connectivity index (χ3n) is 5.71. The molecule has 0 amide bonds. The van der Waals surface area contributed by atoms with Crippen molar-refractivity contribution in [2.75, 3.05) is 0 Å². The Labute approximate surface area is 178 Å². The van der Waals surface area contributed by atoms with Gasteiger partial charge < -0.3 is 0 Å². The quantitative estimate of drug-likeness (QED) is 0.319. The van der Waals surface area contributed by atoms with E-state index in [0.29, 0.717) is 0 Å². The van der Waals surface area contributed by atoms with E-state index in [0.717, 1.165) is 12.1 Å². The Kier molecular flexibility index (Phi) is 5.10. The van der Waals surface area contributed by atoms with E-state index in [2.05, 4.69) is 89.9 Å². The van der Waals surface area contributed by atoms with Gasteiger partial charge in [0.2, 0.25) is 0 Å². The Hall–Kier alpha value is -3.71. The van der Waals surface area contributed by atoms with Crippen molar-refractivity contribution in [2.45, 2.75) is 12.3 Å². The van der Waals surface area contributed by atoms with Crippen LogP contribution in [0, 0.1) is 0 Å². The first kappa shape index (κ1) is 18.3. The highest BCUT2D eigenvalue weighted by atomic mass is 14.7. The summed E-state index contributed by atoms with van der Waals surface area (Å²) in [6, 6.07) is 38.4. The van der Waals surface area contributed by atoms with Crippen LogP contribution in [0.4, 0.5) is 5.69 Å². The van der Waals surface area contributed by atoms with E-state index < -0.39 is 0 Å².